The van der Waals surface area contributed by atoms with E-state index in [-0.39, 0.29) is 18.9 Å². The molecule has 9 nitrogen and oxygen atoms in total. The van der Waals surface area contributed by atoms with E-state index in [9.17, 15) is 19.0 Å². The van der Waals surface area contributed by atoms with Gasteiger partial charge < -0.3 is 28.5 Å². The average molecular weight is 1010 g/mol. The van der Waals surface area contributed by atoms with Crippen LogP contribution >= 0.6 is 7.82 Å². The lowest BCUT2D eigenvalue weighted by molar-refractivity contribution is -0.870. The van der Waals surface area contributed by atoms with Crippen molar-refractivity contribution in [1.29, 1.82) is 0 Å². The third-order valence-corrected chi connectivity index (χ3v) is 13.3. The highest BCUT2D eigenvalue weighted by Crippen LogP contribution is 2.38. The summed E-state index contributed by atoms with van der Waals surface area (Å²) in [6, 6.07) is -0.916. The molecule has 0 bridgehead atoms. The Kier molecular flexibility index (Phi) is 48.7. The molecule has 3 atom stereocenters. The maximum Gasteiger partial charge on any atom is 0.306 e. The fourth-order valence-electron chi connectivity index (χ4n) is 7.85. The summed E-state index contributed by atoms with van der Waals surface area (Å²) in [6.45, 7) is 6.67. The molecule has 10 heteroatoms. The smallest absolute Gasteiger partial charge is 0.306 e. The molecule has 0 aromatic carbocycles. The summed E-state index contributed by atoms with van der Waals surface area (Å²) in [6.07, 6.45) is 65.5. The quantitative estimate of drug-likeness (QED) is 0.0212. The van der Waals surface area contributed by atoms with Crippen molar-refractivity contribution in [3.8, 4) is 0 Å². The van der Waals surface area contributed by atoms with Crippen LogP contribution in [0.5, 0.6) is 0 Å². The van der Waals surface area contributed by atoms with E-state index in [4.69, 9.17) is 13.8 Å². The van der Waals surface area contributed by atoms with Crippen LogP contribution in [0.2, 0.25) is 0 Å². The molecule has 0 heterocycles. The van der Waals surface area contributed by atoms with Crippen molar-refractivity contribution in [1.82, 2.24) is 5.32 Å². The standard InChI is InChI=1S/C61H109N2O7P/c1-7-10-13-16-19-22-25-27-29-31-33-35-38-41-44-47-50-53-60(64)62-58(57-69-71(66,67)68-56-55-63(4,5)6)59(52-49-46-43-40-37-24-21-18-15-12-9-3)70-61(65)54-51-48-45-42-39-36-34-32-30-28-26-23-20-17-14-11-8-2/h11,14,20,23,27-30,34,36,42,45,49,52,58-59H,7-10,12-13,15-19,21-22,24-26,31-33,35,37-41,43-44,46-48,50-51,53-57H2,1-6H3,(H-,62,64,66,67)/b14-11-,23-20-,29-27+,30-28-,36-34-,45-42-,52-49+. The average Bonchev–Trinajstić information content (AvgIpc) is 3.33. The summed E-state index contributed by atoms with van der Waals surface area (Å²) in [7, 11) is 1.14. The van der Waals surface area contributed by atoms with Crippen molar-refractivity contribution in [2.45, 2.75) is 251 Å². The Morgan fingerprint density at radius 3 is 1.39 bits per heavy atom. The topological polar surface area (TPSA) is 114 Å². The molecule has 71 heavy (non-hydrogen) atoms. The van der Waals surface area contributed by atoms with Gasteiger partial charge in [-0.1, -0.05) is 215 Å². The predicted octanol–water partition coefficient (Wildman–Crippen LogP) is 16.8. The molecule has 0 aliphatic heterocycles. The highest BCUT2D eigenvalue weighted by molar-refractivity contribution is 7.45. The Labute approximate surface area is 437 Å². The maximum atomic E-state index is 13.5. The summed E-state index contributed by atoms with van der Waals surface area (Å²) in [5.74, 6) is -0.618. The van der Waals surface area contributed by atoms with Gasteiger partial charge in [-0.3, -0.25) is 14.2 Å². The van der Waals surface area contributed by atoms with Crippen LogP contribution in [0, 0.1) is 0 Å². The Balaban J connectivity index is 5.41. The van der Waals surface area contributed by atoms with Crippen molar-refractivity contribution < 1.29 is 37.3 Å². The van der Waals surface area contributed by atoms with Crippen LogP contribution < -0.4 is 10.2 Å². The third kappa shape index (κ3) is 51.9. The summed E-state index contributed by atoms with van der Waals surface area (Å²) < 4.78 is 30.2. The van der Waals surface area contributed by atoms with E-state index < -0.39 is 32.5 Å². The van der Waals surface area contributed by atoms with E-state index in [1.807, 2.05) is 27.2 Å². The molecule has 3 unspecified atom stereocenters. The second-order valence-corrected chi connectivity index (χ2v) is 21.8. The van der Waals surface area contributed by atoms with E-state index >= 15 is 0 Å². The molecule has 0 radical (unpaired) electrons. The van der Waals surface area contributed by atoms with Gasteiger partial charge in [-0.05, 0) is 96.0 Å². The zero-order valence-electron chi connectivity index (χ0n) is 46.7. The van der Waals surface area contributed by atoms with Gasteiger partial charge in [-0.15, -0.1) is 0 Å². The minimum Gasteiger partial charge on any atom is -0.756 e. The first kappa shape index (κ1) is 68.2. The van der Waals surface area contributed by atoms with Crippen molar-refractivity contribution >= 4 is 19.7 Å². The first-order valence-corrected chi connectivity index (χ1v) is 30.4. The van der Waals surface area contributed by atoms with E-state index in [0.29, 0.717) is 23.9 Å². The first-order chi connectivity index (χ1) is 34.4. The van der Waals surface area contributed by atoms with Gasteiger partial charge in [0.15, 0.2) is 0 Å². The van der Waals surface area contributed by atoms with Gasteiger partial charge in [-0.25, -0.2) is 0 Å². The molecule has 1 amide bonds. The molecule has 0 aliphatic rings. The normalized spacial score (nSPS) is 14.4. The van der Waals surface area contributed by atoms with Gasteiger partial charge in [0.05, 0.1) is 33.8 Å². The summed E-state index contributed by atoms with van der Waals surface area (Å²) in [5.41, 5.74) is 0. The van der Waals surface area contributed by atoms with E-state index in [1.165, 1.54) is 109 Å². The maximum absolute atomic E-state index is 13.5. The van der Waals surface area contributed by atoms with Crippen LogP contribution in [0.15, 0.2) is 85.1 Å². The SMILES string of the molecule is CC/C=C\C/C=C\C/C=C\C/C=C\C/C=C\CCCC(=O)OC(/C=C/CCCCCCCCCCC)C(COP(=O)([O-])OCC[N+](C)(C)C)NC(=O)CCCCCCCCC/C=C/CCCCCCCC. The van der Waals surface area contributed by atoms with E-state index in [1.54, 1.807) is 6.08 Å². The Hall–Kier alpha value is -2.81. The number of phosphoric acid groups is 1. The molecule has 0 saturated heterocycles. The van der Waals surface area contributed by atoms with Gasteiger partial charge in [0.2, 0.25) is 5.91 Å². The van der Waals surface area contributed by atoms with Gasteiger partial charge in [0.1, 0.15) is 19.3 Å². The van der Waals surface area contributed by atoms with Gasteiger partial charge in [-0.2, -0.15) is 0 Å². The molecule has 0 saturated carbocycles. The molecular weight excluding hydrogens is 904 g/mol. The van der Waals surface area contributed by atoms with Crippen LogP contribution in [0.25, 0.3) is 0 Å². The molecule has 0 aliphatic carbocycles. The number of rotatable bonds is 51. The summed E-state index contributed by atoms with van der Waals surface area (Å²) >= 11 is 0. The number of unbranched alkanes of at least 4 members (excludes halogenated alkanes) is 23. The van der Waals surface area contributed by atoms with Crippen molar-refractivity contribution in [2.75, 3.05) is 40.9 Å². The molecule has 0 rings (SSSR count). The number of nitrogens with zero attached hydrogens (tertiary/aromatic N) is 1. The Morgan fingerprint density at radius 2 is 0.915 bits per heavy atom. The number of ether oxygens (including phenoxy) is 1. The summed E-state index contributed by atoms with van der Waals surface area (Å²) in [4.78, 5) is 39.8. The molecule has 0 aromatic heterocycles. The largest absolute Gasteiger partial charge is 0.756 e. The molecule has 0 aromatic rings. The van der Waals surface area contributed by atoms with Crippen LogP contribution in [-0.4, -0.2) is 69.4 Å². The van der Waals surface area contributed by atoms with Gasteiger partial charge in [0.25, 0.3) is 7.82 Å². The molecule has 0 spiro atoms. The van der Waals surface area contributed by atoms with Crippen LogP contribution in [0.3, 0.4) is 0 Å². The molecule has 1 N–H and O–H groups in total. The van der Waals surface area contributed by atoms with Gasteiger partial charge >= 0.3 is 5.97 Å². The van der Waals surface area contributed by atoms with Crippen molar-refractivity contribution in [3.05, 3.63) is 85.1 Å². The van der Waals surface area contributed by atoms with Crippen LogP contribution in [0.1, 0.15) is 239 Å². The minimum atomic E-state index is -4.71. The number of carbonyl (C=O) groups is 2. The zero-order valence-corrected chi connectivity index (χ0v) is 47.5. The minimum absolute atomic E-state index is 0.0351. The summed E-state index contributed by atoms with van der Waals surface area (Å²) in [5, 5.41) is 3.00. The van der Waals surface area contributed by atoms with Gasteiger partial charge in [0, 0.05) is 12.8 Å². The van der Waals surface area contributed by atoms with E-state index in [0.717, 1.165) is 89.9 Å². The van der Waals surface area contributed by atoms with Crippen LogP contribution in [0.4, 0.5) is 0 Å². The monoisotopic (exact) mass is 1010 g/mol. The molecule has 0 fully saturated rings. The lowest BCUT2D eigenvalue weighted by Crippen LogP contribution is -2.47. The number of esters is 1. The number of amides is 1. The van der Waals surface area contributed by atoms with Crippen molar-refractivity contribution in [2.24, 2.45) is 0 Å². The number of quaternary nitrogens is 1. The molecular formula is C61H109N2O7P. The second kappa shape index (κ2) is 50.7. The number of hydrogen-bond acceptors (Lipinski definition) is 7. The number of hydrogen-bond donors (Lipinski definition) is 1. The van der Waals surface area contributed by atoms with E-state index in [2.05, 4.69) is 99.0 Å². The van der Waals surface area contributed by atoms with Crippen molar-refractivity contribution in [3.63, 3.8) is 0 Å². The fraction of sp³-hybridized carbons (Fsp3) is 0.738. The lowest BCUT2D eigenvalue weighted by atomic mass is 10.1. The lowest BCUT2D eigenvalue weighted by Gasteiger charge is -2.30. The highest BCUT2D eigenvalue weighted by Gasteiger charge is 2.27. The highest BCUT2D eigenvalue weighted by atomic mass is 31.2. The Morgan fingerprint density at radius 1 is 0.507 bits per heavy atom. The van der Waals surface area contributed by atoms with Crippen LogP contribution in [-0.2, 0) is 27.9 Å². The number of likely N-dealkylation sites (N-methyl/N-ethyl adjacent to an activating group) is 1. The number of nitrogens with one attached hydrogen (secondary N) is 1. The number of allylic oxidation sites excluding steroid dienone is 13. The number of phosphoric ester groups is 1. The zero-order chi connectivity index (χ0) is 52.2. The second-order valence-electron chi connectivity index (χ2n) is 20.4. The third-order valence-electron chi connectivity index (χ3n) is 12.3. The Bertz CT molecular complexity index is 1490. The number of carbonyl (C=O) groups excluding carboxylic acids is 2. The molecule has 410 valence electrons. The fourth-order valence-corrected chi connectivity index (χ4v) is 8.57. The predicted molar refractivity (Wildman–Crippen MR) is 302 cm³/mol. The first-order valence-electron chi connectivity index (χ1n) is 28.9.